The fourth-order valence-corrected chi connectivity index (χ4v) is 4.84. The number of imide groups is 1. The van der Waals surface area contributed by atoms with Crippen molar-refractivity contribution in [2.24, 2.45) is 0 Å². The van der Waals surface area contributed by atoms with E-state index in [-0.39, 0.29) is 24.0 Å². The molecule has 4 aromatic rings. The van der Waals surface area contributed by atoms with E-state index in [1.54, 1.807) is 47.5 Å². The number of phenolic OH excluding ortho intramolecular Hbond substituents is 1. The third kappa shape index (κ3) is 3.39. The van der Waals surface area contributed by atoms with E-state index in [9.17, 15) is 19.5 Å². The molecule has 0 unspecified atom stereocenters. The van der Waals surface area contributed by atoms with Gasteiger partial charge in [-0.2, -0.15) is 0 Å². The van der Waals surface area contributed by atoms with Crippen LogP contribution in [0.4, 0.5) is 4.79 Å². The first-order valence-corrected chi connectivity index (χ1v) is 11.6. The molecule has 0 saturated carbocycles. The van der Waals surface area contributed by atoms with Gasteiger partial charge in [0, 0.05) is 23.1 Å². The van der Waals surface area contributed by atoms with Crippen LogP contribution in [0.15, 0.2) is 65.2 Å². The van der Waals surface area contributed by atoms with Crippen LogP contribution in [0.1, 0.15) is 34.2 Å². The SMILES string of the molecule is CCc1ccc2c(c1)C(=O)N(C[C@@]1(c3cc4cc(-c5ccc(O)cc5)ncc4o3)NC(=O)NC1=O)C2. The van der Waals surface area contributed by atoms with Gasteiger partial charge in [0.1, 0.15) is 11.5 Å². The minimum Gasteiger partial charge on any atom is -0.508 e. The molecule has 2 aliphatic rings. The van der Waals surface area contributed by atoms with Crippen LogP contribution in [-0.4, -0.2) is 39.4 Å². The number of hydrogen-bond acceptors (Lipinski definition) is 6. The molecular formula is C27H22N4O5. The topological polar surface area (TPSA) is 125 Å². The van der Waals surface area contributed by atoms with Gasteiger partial charge in [-0.3, -0.25) is 19.9 Å². The summed E-state index contributed by atoms with van der Waals surface area (Å²) in [6.07, 6.45) is 2.36. The van der Waals surface area contributed by atoms with Crippen molar-refractivity contribution in [2.45, 2.75) is 25.4 Å². The number of amides is 4. The lowest BCUT2D eigenvalue weighted by molar-refractivity contribution is -0.125. The zero-order chi connectivity index (χ0) is 25.0. The largest absolute Gasteiger partial charge is 0.508 e. The molecule has 1 saturated heterocycles. The predicted octanol–water partition coefficient (Wildman–Crippen LogP) is 3.45. The lowest BCUT2D eigenvalue weighted by Crippen LogP contribution is -2.52. The Morgan fingerprint density at radius 3 is 2.61 bits per heavy atom. The molecular weight excluding hydrogens is 460 g/mol. The van der Waals surface area contributed by atoms with E-state index >= 15 is 0 Å². The number of urea groups is 1. The minimum absolute atomic E-state index is 0.0857. The van der Waals surface area contributed by atoms with E-state index in [1.165, 1.54) is 0 Å². The molecule has 36 heavy (non-hydrogen) atoms. The number of pyridine rings is 1. The summed E-state index contributed by atoms with van der Waals surface area (Å²) < 4.78 is 6.03. The first-order valence-electron chi connectivity index (χ1n) is 11.6. The van der Waals surface area contributed by atoms with E-state index in [4.69, 9.17) is 4.42 Å². The van der Waals surface area contributed by atoms with Gasteiger partial charge in [0.2, 0.25) is 0 Å². The van der Waals surface area contributed by atoms with Gasteiger partial charge in [-0.05, 0) is 60.0 Å². The van der Waals surface area contributed by atoms with Crippen LogP contribution in [0.5, 0.6) is 5.75 Å². The Balaban J connectivity index is 1.38. The predicted molar refractivity (Wildman–Crippen MR) is 130 cm³/mol. The number of hydrogen-bond donors (Lipinski definition) is 3. The number of rotatable bonds is 5. The van der Waals surface area contributed by atoms with Crippen LogP contribution in [0, 0.1) is 0 Å². The second kappa shape index (κ2) is 7.94. The average Bonchev–Trinajstić information content (AvgIpc) is 3.53. The second-order valence-electron chi connectivity index (χ2n) is 9.08. The van der Waals surface area contributed by atoms with Gasteiger partial charge in [-0.15, -0.1) is 0 Å². The fourth-order valence-electron chi connectivity index (χ4n) is 4.84. The van der Waals surface area contributed by atoms with Crippen LogP contribution < -0.4 is 10.6 Å². The molecule has 9 heteroatoms. The maximum Gasteiger partial charge on any atom is 0.322 e. The molecule has 9 nitrogen and oxygen atoms in total. The average molecular weight is 482 g/mol. The number of aryl methyl sites for hydroxylation is 1. The fraction of sp³-hybridized carbons (Fsp3) is 0.185. The first kappa shape index (κ1) is 21.8. The number of fused-ring (bicyclic) bond motifs is 2. The molecule has 2 aliphatic heterocycles. The number of aromatic hydroxyl groups is 1. The number of benzene rings is 2. The Morgan fingerprint density at radius 2 is 1.89 bits per heavy atom. The molecule has 4 amide bonds. The van der Waals surface area contributed by atoms with E-state index in [2.05, 4.69) is 15.6 Å². The number of carbonyl (C=O) groups is 3. The number of nitrogens with zero attached hydrogens (tertiary/aromatic N) is 2. The Kier molecular flexibility index (Phi) is 4.82. The summed E-state index contributed by atoms with van der Waals surface area (Å²) in [7, 11) is 0. The Hall–Kier alpha value is -4.66. The summed E-state index contributed by atoms with van der Waals surface area (Å²) >= 11 is 0. The molecule has 2 aromatic heterocycles. The molecule has 0 bridgehead atoms. The second-order valence-corrected chi connectivity index (χ2v) is 9.08. The van der Waals surface area contributed by atoms with Gasteiger partial charge >= 0.3 is 6.03 Å². The third-order valence-corrected chi connectivity index (χ3v) is 6.82. The summed E-state index contributed by atoms with van der Waals surface area (Å²) in [5, 5.41) is 15.2. The van der Waals surface area contributed by atoms with Crippen molar-refractivity contribution in [3.8, 4) is 17.0 Å². The molecule has 2 aromatic carbocycles. The van der Waals surface area contributed by atoms with Crippen molar-refractivity contribution in [3.05, 3.63) is 83.2 Å². The lowest BCUT2D eigenvalue weighted by atomic mass is 9.95. The number of phenols is 1. The van der Waals surface area contributed by atoms with Gasteiger partial charge in [-0.25, -0.2) is 4.79 Å². The normalized spacial score (nSPS) is 19.0. The molecule has 1 fully saturated rings. The highest BCUT2D eigenvalue weighted by Crippen LogP contribution is 2.35. The molecule has 0 spiro atoms. The highest BCUT2D eigenvalue weighted by molar-refractivity contribution is 6.08. The van der Waals surface area contributed by atoms with Gasteiger partial charge in [0.25, 0.3) is 11.8 Å². The van der Waals surface area contributed by atoms with E-state index in [1.807, 2.05) is 25.1 Å². The molecule has 180 valence electrons. The minimum atomic E-state index is -1.58. The van der Waals surface area contributed by atoms with Crippen LogP contribution in [0.3, 0.4) is 0 Å². The van der Waals surface area contributed by atoms with Crippen molar-refractivity contribution in [2.75, 3.05) is 6.54 Å². The van der Waals surface area contributed by atoms with Crippen molar-refractivity contribution >= 4 is 28.8 Å². The summed E-state index contributed by atoms with van der Waals surface area (Å²) in [5.41, 5.74) is 2.85. The highest BCUT2D eigenvalue weighted by Gasteiger charge is 2.53. The molecule has 1 atom stereocenters. The molecule has 3 N–H and O–H groups in total. The molecule has 0 radical (unpaired) electrons. The maximum absolute atomic E-state index is 13.2. The smallest absolute Gasteiger partial charge is 0.322 e. The van der Waals surface area contributed by atoms with Crippen molar-refractivity contribution in [1.82, 2.24) is 20.5 Å². The van der Waals surface area contributed by atoms with E-state index in [0.29, 0.717) is 28.8 Å². The Labute approximate surface area is 205 Å². The van der Waals surface area contributed by atoms with Gasteiger partial charge in [0.05, 0.1) is 18.4 Å². The maximum atomic E-state index is 13.2. The zero-order valence-corrected chi connectivity index (χ0v) is 19.4. The summed E-state index contributed by atoms with van der Waals surface area (Å²) in [6, 6.07) is 15.3. The van der Waals surface area contributed by atoms with Gasteiger partial charge in [0.15, 0.2) is 11.1 Å². The van der Waals surface area contributed by atoms with E-state index in [0.717, 1.165) is 23.1 Å². The number of furan rings is 1. The van der Waals surface area contributed by atoms with Crippen LogP contribution in [0.25, 0.3) is 22.2 Å². The zero-order valence-electron chi connectivity index (χ0n) is 19.4. The van der Waals surface area contributed by atoms with Crippen molar-refractivity contribution < 1.29 is 23.9 Å². The van der Waals surface area contributed by atoms with Crippen LogP contribution >= 0.6 is 0 Å². The summed E-state index contributed by atoms with van der Waals surface area (Å²) in [4.78, 5) is 44.6. The molecule has 6 rings (SSSR count). The summed E-state index contributed by atoms with van der Waals surface area (Å²) in [6.45, 7) is 2.27. The standard InChI is InChI=1S/C27H22N4O5/c1-2-15-3-4-17-13-31(24(33)20(17)9-15)14-27(25(34)29-26(35)30-27)23-11-18-10-21(28-12-22(18)36-23)16-5-7-19(32)8-6-16/h3-12,32H,2,13-14H2,1H3,(H2,29,30,34,35)/t27-/m0/s1. The van der Waals surface area contributed by atoms with Crippen LogP contribution in [0.2, 0.25) is 0 Å². The number of nitrogens with one attached hydrogen (secondary N) is 2. The Bertz CT molecular complexity index is 1560. The van der Waals surface area contributed by atoms with Crippen molar-refractivity contribution in [3.63, 3.8) is 0 Å². The Morgan fingerprint density at radius 1 is 1.08 bits per heavy atom. The van der Waals surface area contributed by atoms with Gasteiger partial charge in [-0.1, -0.05) is 19.1 Å². The van der Waals surface area contributed by atoms with Gasteiger partial charge < -0.3 is 19.7 Å². The summed E-state index contributed by atoms with van der Waals surface area (Å²) in [5.74, 6) is -0.416. The lowest BCUT2D eigenvalue weighted by Gasteiger charge is -2.29. The van der Waals surface area contributed by atoms with Crippen molar-refractivity contribution in [1.29, 1.82) is 0 Å². The first-order chi connectivity index (χ1) is 17.4. The monoisotopic (exact) mass is 482 g/mol. The van der Waals surface area contributed by atoms with E-state index < -0.39 is 17.5 Å². The quantitative estimate of drug-likeness (QED) is 0.374. The number of aromatic nitrogens is 1. The number of carbonyl (C=O) groups excluding carboxylic acids is 3. The third-order valence-electron chi connectivity index (χ3n) is 6.82. The molecule has 0 aliphatic carbocycles. The highest BCUT2D eigenvalue weighted by atomic mass is 16.3. The van der Waals surface area contributed by atoms with Crippen LogP contribution in [-0.2, 0) is 23.3 Å². The molecule has 4 heterocycles.